The monoisotopic (exact) mass is 219 g/mol. The summed E-state index contributed by atoms with van der Waals surface area (Å²) < 4.78 is 0. The molecule has 0 unspecified atom stereocenters. The lowest BCUT2D eigenvalue weighted by Gasteiger charge is -2.30. The summed E-state index contributed by atoms with van der Waals surface area (Å²) in [4.78, 5) is 11.3. The molecule has 2 N–H and O–H groups in total. The van der Waals surface area contributed by atoms with Gasteiger partial charge in [-0.25, -0.2) is 0 Å². The number of nitrogens with one attached hydrogen (secondary N) is 1. The molecule has 1 aromatic rings. The lowest BCUT2D eigenvalue weighted by molar-refractivity contribution is -0.122. The number of rotatable bonds is 2. The van der Waals surface area contributed by atoms with Crippen molar-refractivity contribution in [3.63, 3.8) is 0 Å². The van der Waals surface area contributed by atoms with Crippen LogP contribution in [-0.4, -0.2) is 17.1 Å². The Balaban J connectivity index is 2.15. The average Bonchev–Trinajstić information content (AvgIpc) is 2.33. The van der Waals surface area contributed by atoms with Gasteiger partial charge in [-0.2, -0.15) is 0 Å². The first kappa shape index (κ1) is 11.1. The third kappa shape index (κ3) is 2.09. The van der Waals surface area contributed by atoms with Crippen molar-refractivity contribution in [3.8, 4) is 0 Å². The van der Waals surface area contributed by atoms with Crippen molar-refractivity contribution >= 4 is 5.91 Å². The van der Waals surface area contributed by atoms with E-state index in [0.717, 1.165) is 18.4 Å². The second-order valence-electron chi connectivity index (χ2n) is 4.21. The molecule has 1 amide bonds. The number of hydrogen-bond acceptors (Lipinski definition) is 2. The van der Waals surface area contributed by atoms with Crippen LogP contribution in [-0.2, 0) is 11.2 Å². The van der Waals surface area contributed by atoms with Crippen LogP contribution in [0.5, 0.6) is 0 Å². The van der Waals surface area contributed by atoms with Crippen molar-refractivity contribution in [2.24, 2.45) is 0 Å². The molecule has 3 heteroatoms. The summed E-state index contributed by atoms with van der Waals surface area (Å²) in [6, 6.07) is 7.74. The first-order chi connectivity index (χ1) is 7.72. The van der Waals surface area contributed by atoms with Gasteiger partial charge in [0.25, 0.3) is 0 Å². The van der Waals surface area contributed by atoms with Crippen LogP contribution < -0.4 is 5.32 Å². The second kappa shape index (κ2) is 4.66. The molecular weight excluding hydrogens is 202 g/mol. The Morgan fingerprint density at radius 1 is 1.50 bits per heavy atom. The summed E-state index contributed by atoms with van der Waals surface area (Å²) in [5.41, 5.74) is 2.15. The van der Waals surface area contributed by atoms with Crippen molar-refractivity contribution in [3.05, 3.63) is 35.4 Å². The molecule has 1 aliphatic carbocycles. The maximum atomic E-state index is 11.3. The highest BCUT2D eigenvalue weighted by atomic mass is 16.3. The number of aryl methyl sites for hydroxylation is 1. The van der Waals surface area contributed by atoms with Crippen LogP contribution >= 0.6 is 0 Å². The van der Waals surface area contributed by atoms with Gasteiger partial charge in [0.05, 0.1) is 12.1 Å². The molecule has 3 nitrogen and oxygen atoms in total. The lowest BCUT2D eigenvalue weighted by atomic mass is 9.86. The number of benzene rings is 1. The molecule has 1 aliphatic rings. The number of carbonyl (C=O) groups is 1. The van der Waals surface area contributed by atoms with Gasteiger partial charge in [0.1, 0.15) is 0 Å². The molecule has 16 heavy (non-hydrogen) atoms. The van der Waals surface area contributed by atoms with E-state index in [1.54, 1.807) is 0 Å². The Labute approximate surface area is 95.5 Å². The van der Waals surface area contributed by atoms with Crippen molar-refractivity contribution in [1.29, 1.82) is 0 Å². The van der Waals surface area contributed by atoms with Gasteiger partial charge in [-0.3, -0.25) is 4.79 Å². The molecule has 2 rings (SSSR count). The number of carbonyl (C=O) groups excluding carboxylic acids is 1. The fraction of sp³-hybridized carbons (Fsp3) is 0.462. The van der Waals surface area contributed by atoms with E-state index in [2.05, 4.69) is 5.32 Å². The van der Waals surface area contributed by atoms with Gasteiger partial charge < -0.3 is 10.4 Å². The van der Waals surface area contributed by atoms with Crippen LogP contribution in [0.2, 0.25) is 0 Å². The smallest absolute Gasteiger partial charge is 0.220 e. The molecule has 0 saturated heterocycles. The standard InChI is InChI=1S/C13H17NO2/c1-2-12(15)14-11-8-7-9-5-3-4-6-10(9)13(11)16/h3-6,11,13,16H,2,7-8H2,1H3,(H,14,15)/t11-,13-/m1/s1. The van der Waals surface area contributed by atoms with Gasteiger partial charge >= 0.3 is 0 Å². The third-order valence-corrected chi connectivity index (χ3v) is 3.15. The Morgan fingerprint density at radius 2 is 2.25 bits per heavy atom. The molecular formula is C13H17NO2. The minimum atomic E-state index is -0.569. The zero-order valence-electron chi connectivity index (χ0n) is 9.44. The van der Waals surface area contributed by atoms with Crippen LogP contribution in [0, 0.1) is 0 Å². The highest BCUT2D eigenvalue weighted by Crippen LogP contribution is 2.29. The van der Waals surface area contributed by atoms with E-state index in [1.807, 2.05) is 31.2 Å². The Hall–Kier alpha value is -1.35. The van der Waals surface area contributed by atoms with Gasteiger partial charge in [-0.05, 0) is 24.0 Å². The zero-order valence-corrected chi connectivity index (χ0v) is 9.44. The molecule has 0 saturated carbocycles. The minimum Gasteiger partial charge on any atom is -0.386 e. The number of amides is 1. The minimum absolute atomic E-state index is 0.00318. The summed E-state index contributed by atoms with van der Waals surface area (Å²) in [7, 11) is 0. The van der Waals surface area contributed by atoms with Gasteiger partial charge in [-0.15, -0.1) is 0 Å². The quantitative estimate of drug-likeness (QED) is 0.793. The molecule has 0 radical (unpaired) electrons. The number of aliphatic hydroxyl groups excluding tert-OH is 1. The van der Waals surface area contributed by atoms with Crippen LogP contribution in [0.1, 0.15) is 37.0 Å². The predicted octanol–water partition coefficient (Wildman–Crippen LogP) is 1.56. The highest BCUT2D eigenvalue weighted by molar-refractivity contribution is 5.76. The van der Waals surface area contributed by atoms with Gasteiger partial charge in [0.15, 0.2) is 0 Å². The summed E-state index contributed by atoms with van der Waals surface area (Å²) in [6.45, 7) is 1.82. The van der Waals surface area contributed by atoms with Crippen molar-refractivity contribution in [2.75, 3.05) is 0 Å². The van der Waals surface area contributed by atoms with E-state index in [1.165, 1.54) is 5.56 Å². The Morgan fingerprint density at radius 3 is 3.00 bits per heavy atom. The average molecular weight is 219 g/mol. The van der Waals surface area contributed by atoms with Crippen LogP contribution in [0.25, 0.3) is 0 Å². The van der Waals surface area contributed by atoms with E-state index in [4.69, 9.17) is 0 Å². The summed E-state index contributed by atoms with van der Waals surface area (Å²) in [5, 5.41) is 13.0. The van der Waals surface area contributed by atoms with E-state index in [-0.39, 0.29) is 11.9 Å². The van der Waals surface area contributed by atoms with E-state index in [0.29, 0.717) is 6.42 Å². The zero-order chi connectivity index (χ0) is 11.5. The normalized spacial score (nSPS) is 23.6. The predicted molar refractivity (Wildman–Crippen MR) is 61.9 cm³/mol. The fourth-order valence-electron chi connectivity index (χ4n) is 2.20. The first-order valence-electron chi connectivity index (χ1n) is 5.77. The fourth-order valence-corrected chi connectivity index (χ4v) is 2.20. The van der Waals surface area contributed by atoms with Crippen molar-refractivity contribution in [1.82, 2.24) is 5.32 Å². The molecule has 0 spiro atoms. The summed E-state index contributed by atoms with van der Waals surface area (Å²) >= 11 is 0. The van der Waals surface area contributed by atoms with Gasteiger partial charge in [0, 0.05) is 6.42 Å². The molecule has 0 fully saturated rings. The van der Waals surface area contributed by atoms with E-state index < -0.39 is 6.10 Å². The highest BCUT2D eigenvalue weighted by Gasteiger charge is 2.28. The van der Waals surface area contributed by atoms with E-state index >= 15 is 0 Å². The maximum absolute atomic E-state index is 11.3. The van der Waals surface area contributed by atoms with Crippen LogP contribution in [0.15, 0.2) is 24.3 Å². The number of aliphatic hydroxyl groups is 1. The van der Waals surface area contributed by atoms with Crippen molar-refractivity contribution < 1.29 is 9.90 Å². The topological polar surface area (TPSA) is 49.3 Å². The number of fused-ring (bicyclic) bond motifs is 1. The largest absolute Gasteiger partial charge is 0.386 e. The molecule has 0 aliphatic heterocycles. The molecule has 1 aromatic carbocycles. The molecule has 0 heterocycles. The first-order valence-corrected chi connectivity index (χ1v) is 5.77. The molecule has 2 atom stereocenters. The second-order valence-corrected chi connectivity index (χ2v) is 4.21. The molecule has 86 valence electrons. The maximum Gasteiger partial charge on any atom is 0.220 e. The Bertz CT molecular complexity index is 389. The lowest BCUT2D eigenvalue weighted by Crippen LogP contribution is -2.41. The number of hydrogen-bond donors (Lipinski definition) is 2. The van der Waals surface area contributed by atoms with Gasteiger partial charge in [-0.1, -0.05) is 31.2 Å². The third-order valence-electron chi connectivity index (χ3n) is 3.15. The summed E-state index contributed by atoms with van der Waals surface area (Å²) in [5.74, 6) is 0.00318. The Kier molecular flexibility index (Phi) is 3.25. The summed E-state index contributed by atoms with van der Waals surface area (Å²) in [6.07, 6.45) is 1.62. The SMILES string of the molecule is CCC(=O)N[C@@H]1CCc2ccccc2[C@H]1O. The van der Waals surface area contributed by atoms with Crippen LogP contribution in [0.4, 0.5) is 0 Å². The van der Waals surface area contributed by atoms with Gasteiger partial charge in [0.2, 0.25) is 5.91 Å². The van der Waals surface area contributed by atoms with Crippen LogP contribution in [0.3, 0.4) is 0 Å². The molecule has 0 aromatic heterocycles. The van der Waals surface area contributed by atoms with E-state index in [9.17, 15) is 9.90 Å². The molecule has 0 bridgehead atoms. The van der Waals surface area contributed by atoms with Crippen molar-refractivity contribution in [2.45, 2.75) is 38.3 Å².